The number of nitrogens with zero attached hydrogens (tertiary/aromatic N) is 1. The van der Waals surface area contributed by atoms with Crippen molar-refractivity contribution < 1.29 is 4.74 Å². The van der Waals surface area contributed by atoms with Crippen molar-refractivity contribution >= 4 is 5.69 Å². The molecule has 1 heterocycles. The average molecular weight is 244 g/mol. The minimum Gasteiger partial charge on any atom is -0.381 e. The van der Waals surface area contributed by atoms with Gasteiger partial charge in [0.2, 0.25) is 0 Å². The lowest BCUT2D eigenvalue weighted by molar-refractivity contribution is -0.0553. The van der Waals surface area contributed by atoms with Crippen LogP contribution in [0, 0.1) is 18.3 Å². The fourth-order valence-corrected chi connectivity index (χ4v) is 2.45. The average Bonchev–Trinajstić information content (AvgIpc) is 2.30. The van der Waals surface area contributed by atoms with E-state index in [0.29, 0.717) is 6.04 Å². The molecule has 0 saturated carbocycles. The quantitative estimate of drug-likeness (QED) is 0.868. The monoisotopic (exact) mass is 244 g/mol. The van der Waals surface area contributed by atoms with E-state index in [2.05, 4.69) is 25.2 Å². The number of rotatable bonds is 2. The molecule has 1 aromatic rings. The number of aryl methyl sites for hydroxylation is 1. The first-order chi connectivity index (χ1) is 8.50. The normalized spacial score (nSPS) is 22.2. The molecule has 1 aromatic carbocycles. The van der Waals surface area contributed by atoms with Gasteiger partial charge in [-0.25, -0.2) is 0 Å². The van der Waals surface area contributed by atoms with Crippen molar-refractivity contribution in [1.29, 1.82) is 5.26 Å². The van der Waals surface area contributed by atoms with Crippen molar-refractivity contribution in [1.82, 2.24) is 0 Å². The van der Waals surface area contributed by atoms with Crippen molar-refractivity contribution in [3.05, 3.63) is 29.3 Å². The largest absolute Gasteiger partial charge is 0.381 e. The van der Waals surface area contributed by atoms with Gasteiger partial charge in [-0.15, -0.1) is 0 Å². The first kappa shape index (κ1) is 12.9. The third-order valence-corrected chi connectivity index (χ3v) is 3.35. The van der Waals surface area contributed by atoms with Crippen molar-refractivity contribution in [2.24, 2.45) is 0 Å². The maximum atomic E-state index is 9.16. The highest BCUT2D eigenvalue weighted by atomic mass is 16.5. The lowest BCUT2D eigenvalue weighted by atomic mass is 9.93. The highest BCUT2D eigenvalue weighted by molar-refractivity contribution is 5.59. The van der Waals surface area contributed by atoms with Gasteiger partial charge in [-0.2, -0.15) is 5.26 Å². The van der Waals surface area contributed by atoms with E-state index in [0.717, 1.165) is 36.3 Å². The van der Waals surface area contributed by atoms with Crippen LogP contribution in [0.15, 0.2) is 18.2 Å². The maximum Gasteiger partial charge on any atom is 0.101 e. The van der Waals surface area contributed by atoms with E-state index in [1.165, 1.54) is 0 Å². The topological polar surface area (TPSA) is 45.0 Å². The molecule has 0 aliphatic carbocycles. The zero-order valence-corrected chi connectivity index (χ0v) is 11.3. The minimum absolute atomic E-state index is 0.0760. The van der Waals surface area contributed by atoms with Crippen LogP contribution in [0.25, 0.3) is 0 Å². The van der Waals surface area contributed by atoms with Gasteiger partial charge in [-0.05, 0) is 51.3 Å². The van der Waals surface area contributed by atoms with Crippen LogP contribution in [0.4, 0.5) is 5.69 Å². The van der Waals surface area contributed by atoms with Crippen LogP contribution < -0.4 is 5.32 Å². The second-order valence-corrected chi connectivity index (χ2v) is 5.60. The third kappa shape index (κ3) is 3.02. The SMILES string of the molecule is Cc1ccc(NC2CCOC(C)(C)C2)c(C#N)c1. The van der Waals surface area contributed by atoms with Gasteiger partial charge < -0.3 is 10.1 Å². The number of ether oxygens (including phenoxy) is 1. The van der Waals surface area contributed by atoms with E-state index in [-0.39, 0.29) is 5.60 Å². The van der Waals surface area contributed by atoms with Gasteiger partial charge in [-0.1, -0.05) is 6.07 Å². The lowest BCUT2D eigenvalue weighted by Gasteiger charge is -2.36. The Labute approximate surface area is 109 Å². The summed E-state index contributed by atoms with van der Waals surface area (Å²) >= 11 is 0. The Morgan fingerprint density at radius 3 is 2.89 bits per heavy atom. The van der Waals surface area contributed by atoms with Gasteiger partial charge in [0.1, 0.15) is 6.07 Å². The van der Waals surface area contributed by atoms with Crippen LogP contribution in [0.5, 0.6) is 0 Å². The Balaban J connectivity index is 2.12. The predicted molar refractivity (Wildman–Crippen MR) is 72.6 cm³/mol. The van der Waals surface area contributed by atoms with E-state index < -0.39 is 0 Å². The minimum atomic E-state index is -0.0760. The number of benzene rings is 1. The molecule has 1 aliphatic heterocycles. The zero-order valence-electron chi connectivity index (χ0n) is 11.3. The molecule has 1 N–H and O–H groups in total. The molecule has 0 amide bonds. The molecule has 1 fully saturated rings. The number of anilines is 1. The Hall–Kier alpha value is -1.53. The number of nitrogens with one attached hydrogen (secondary N) is 1. The Morgan fingerprint density at radius 1 is 1.44 bits per heavy atom. The number of nitriles is 1. The highest BCUT2D eigenvalue weighted by Crippen LogP contribution is 2.27. The van der Waals surface area contributed by atoms with Crippen molar-refractivity contribution in [3.63, 3.8) is 0 Å². The van der Waals surface area contributed by atoms with Gasteiger partial charge in [-0.3, -0.25) is 0 Å². The number of hydrogen-bond acceptors (Lipinski definition) is 3. The van der Waals surface area contributed by atoms with Crippen molar-refractivity contribution in [2.75, 3.05) is 11.9 Å². The van der Waals surface area contributed by atoms with E-state index in [4.69, 9.17) is 10.00 Å². The summed E-state index contributed by atoms with van der Waals surface area (Å²) in [6.45, 7) is 7.00. The van der Waals surface area contributed by atoms with E-state index >= 15 is 0 Å². The molecule has 0 spiro atoms. The molecular formula is C15H20N2O. The molecule has 1 unspecified atom stereocenters. The standard InChI is InChI=1S/C15H20N2O/c1-11-4-5-14(12(8-11)10-16)17-13-6-7-18-15(2,3)9-13/h4-5,8,13,17H,6-7,9H2,1-3H3. The van der Waals surface area contributed by atoms with E-state index in [9.17, 15) is 0 Å². The van der Waals surface area contributed by atoms with Gasteiger partial charge >= 0.3 is 0 Å². The Morgan fingerprint density at radius 2 is 2.22 bits per heavy atom. The van der Waals surface area contributed by atoms with Gasteiger partial charge in [0.15, 0.2) is 0 Å². The van der Waals surface area contributed by atoms with Crippen LogP contribution in [0.1, 0.15) is 37.8 Å². The molecule has 2 rings (SSSR count). The summed E-state index contributed by atoms with van der Waals surface area (Å²) < 4.78 is 5.70. The molecule has 0 aromatic heterocycles. The highest BCUT2D eigenvalue weighted by Gasteiger charge is 2.28. The second kappa shape index (κ2) is 4.99. The van der Waals surface area contributed by atoms with E-state index in [1.807, 2.05) is 25.1 Å². The Kier molecular flexibility index (Phi) is 3.58. The molecule has 3 heteroatoms. The predicted octanol–water partition coefficient (Wildman–Crippen LogP) is 3.24. The lowest BCUT2D eigenvalue weighted by Crippen LogP contribution is -2.40. The van der Waals surface area contributed by atoms with E-state index in [1.54, 1.807) is 0 Å². The maximum absolute atomic E-state index is 9.16. The molecule has 1 aliphatic rings. The third-order valence-electron chi connectivity index (χ3n) is 3.35. The summed E-state index contributed by atoms with van der Waals surface area (Å²) in [5.41, 5.74) is 2.70. The van der Waals surface area contributed by atoms with Crippen molar-refractivity contribution in [2.45, 2.75) is 45.3 Å². The number of hydrogen-bond donors (Lipinski definition) is 1. The summed E-state index contributed by atoms with van der Waals surface area (Å²) in [5.74, 6) is 0. The van der Waals surface area contributed by atoms with Crippen LogP contribution in [-0.4, -0.2) is 18.2 Å². The van der Waals surface area contributed by atoms with Gasteiger partial charge in [0.05, 0.1) is 16.9 Å². The Bertz CT molecular complexity index is 474. The fraction of sp³-hybridized carbons (Fsp3) is 0.533. The summed E-state index contributed by atoms with van der Waals surface area (Å²) in [5, 5.41) is 12.6. The van der Waals surface area contributed by atoms with Crippen LogP contribution in [0.2, 0.25) is 0 Å². The van der Waals surface area contributed by atoms with Crippen LogP contribution >= 0.6 is 0 Å². The summed E-state index contributed by atoms with van der Waals surface area (Å²) in [7, 11) is 0. The van der Waals surface area contributed by atoms with Crippen molar-refractivity contribution in [3.8, 4) is 6.07 Å². The molecule has 1 atom stereocenters. The molecule has 3 nitrogen and oxygen atoms in total. The molecule has 18 heavy (non-hydrogen) atoms. The fourth-order valence-electron chi connectivity index (χ4n) is 2.45. The summed E-state index contributed by atoms with van der Waals surface area (Å²) in [6.07, 6.45) is 1.95. The molecule has 0 radical (unpaired) electrons. The summed E-state index contributed by atoms with van der Waals surface area (Å²) in [4.78, 5) is 0. The summed E-state index contributed by atoms with van der Waals surface area (Å²) in [6, 6.07) is 8.59. The van der Waals surface area contributed by atoms with Gasteiger partial charge in [0.25, 0.3) is 0 Å². The zero-order chi connectivity index (χ0) is 13.2. The van der Waals surface area contributed by atoms with Crippen LogP contribution in [0.3, 0.4) is 0 Å². The molecule has 0 bridgehead atoms. The van der Waals surface area contributed by atoms with Gasteiger partial charge in [0, 0.05) is 12.6 Å². The smallest absolute Gasteiger partial charge is 0.101 e. The second-order valence-electron chi connectivity index (χ2n) is 5.60. The first-order valence-electron chi connectivity index (χ1n) is 6.41. The first-order valence-corrected chi connectivity index (χ1v) is 6.41. The molecule has 96 valence electrons. The molecular weight excluding hydrogens is 224 g/mol. The molecule has 1 saturated heterocycles. The van der Waals surface area contributed by atoms with Crippen LogP contribution in [-0.2, 0) is 4.74 Å².